The topological polar surface area (TPSA) is 25.2 Å². The van der Waals surface area contributed by atoms with Gasteiger partial charge in [-0.25, -0.2) is 0 Å². The first-order chi connectivity index (χ1) is 8.63. The first-order valence-electron chi connectivity index (χ1n) is 6.34. The molecule has 1 saturated carbocycles. The number of alkyl halides is 2. The Labute approximate surface area is 111 Å². The third-order valence-corrected chi connectivity index (χ3v) is 3.78. The van der Waals surface area contributed by atoms with Gasteiger partial charge in [0.25, 0.3) is 5.76 Å². The van der Waals surface area contributed by atoms with Gasteiger partial charge in [0.05, 0.1) is 12.3 Å². The molecule has 102 valence electrons. The molecular weight excluding hydrogens is 256 g/mol. The second kappa shape index (κ2) is 6.57. The molecule has 0 aromatic carbocycles. The molecule has 1 aromatic heterocycles. The van der Waals surface area contributed by atoms with Gasteiger partial charge >= 0.3 is 0 Å². The van der Waals surface area contributed by atoms with Gasteiger partial charge in [-0.2, -0.15) is 8.78 Å². The van der Waals surface area contributed by atoms with E-state index in [1.54, 1.807) is 6.07 Å². The zero-order valence-electron chi connectivity index (χ0n) is 10.5. The first-order valence-corrected chi connectivity index (χ1v) is 7.39. The molecule has 0 bridgehead atoms. The lowest BCUT2D eigenvalue weighted by molar-refractivity contribution is 0.251. The lowest BCUT2D eigenvalue weighted by atomic mass is 10.1. The largest absolute Gasteiger partial charge is 0.464 e. The molecule has 1 heterocycles. The third-order valence-electron chi connectivity index (χ3n) is 3.08. The first kappa shape index (κ1) is 13.9. The molecule has 5 heteroatoms. The lowest BCUT2D eigenvalue weighted by Gasteiger charge is -2.11. The predicted octanol–water partition coefficient (Wildman–Crippen LogP) is 4.01. The molecule has 0 radical (unpaired) electrons. The average Bonchev–Trinajstić information content (AvgIpc) is 3.01. The van der Waals surface area contributed by atoms with Crippen molar-refractivity contribution in [3.63, 3.8) is 0 Å². The Morgan fingerprint density at radius 1 is 1.39 bits per heavy atom. The molecule has 1 aliphatic carbocycles. The standard InChI is InChI=1S/C13H19F2NOS/c1-9(6-10-2-3-10)16-7-11-4-5-12(17-11)8-18-13(14)15/h4-5,9-10,13,16H,2-3,6-8H2,1H3. The van der Waals surface area contributed by atoms with E-state index in [-0.39, 0.29) is 5.75 Å². The summed E-state index contributed by atoms with van der Waals surface area (Å²) in [6, 6.07) is 4.12. The SMILES string of the molecule is CC(CC1CC1)NCc1ccc(CSC(F)F)o1. The smallest absolute Gasteiger partial charge is 0.284 e. The molecule has 0 amide bonds. The molecule has 1 aliphatic rings. The molecule has 0 saturated heterocycles. The van der Waals surface area contributed by atoms with Crippen molar-refractivity contribution in [2.45, 2.75) is 50.3 Å². The summed E-state index contributed by atoms with van der Waals surface area (Å²) >= 11 is 0.591. The van der Waals surface area contributed by atoms with Crippen LogP contribution in [0.1, 0.15) is 37.7 Å². The van der Waals surface area contributed by atoms with Crippen molar-refractivity contribution in [2.75, 3.05) is 0 Å². The highest BCUT2D eigenvalue weighted by molar-refractivity contribution is 7.98. The fraction of sp³-hybridized carbons (Fsp3) is 0.692. The van der Waals surface area contributed by atoms with E-state index in [2.05, 4.69) is 12.2 Å². The van der Waals surface area contributed by atoms with Crippen LogP contribution in [0.25, 0.3) is 0 Å². The minimum atomic E-state index is -2.34. The quantitative estimate of drug-likeness (QED) is 0.776. The van der Waals surface area contributed by atoms with Gasteiger partial charge in [0, 0.05) is 6.04 Å². The zero-order valence-corrected chi connectivity index (χ0v) is 11.3. The van der Waals surface area contributed by atoms with Crippen LogP contribution in [-0.4, -0.2) is 11.8 Å². The number of hydrogen-bond acceptors (Lipinski definition) is 3. The number of furan rings is 1. The van der Waals surface area contributed by atoms with Gasteiger partial charge in [-0.05, 0) is 31.4 Å². The van der Waals surface area contributed by atoms with Crippen LogP contribution in [0.2, 0.25) is 0 Å². The van der Waals surface area contributed by atoms with E-state index in [1.807, 2.05) is 6.07 Å². The maximum absolute atomic E-state index is 12.0. The zero-order chi connectivity index (χ0) is 13.0. The van der Waals surface area contributed by atoms with Crippen molar-refractivity contribution in [3.8, 4) is 0 Å². The van der Waals surface area contributed by atoms with E-state index in [4.69, 9.17) is 4.42 Å². The van der Waals surface area contributed by atoms with E-state index in [0.29, 0.717) is 30.1 Å². The molecule has 1 fully saturated rings. The molecular formula is C13H19F2NOS. The van der Waals surface area contributed by atoms with Gasteiger partial charge in [-0.3, -0.25) is 0 Å². The number of halogens is 2. The highest BCUT2D eigenvalue weighted by atomic mass is 32.2. The summed E-state index contributed by atoms with van der Waals surface area (Å²) in [5.41, 5.74) is 0. The van der Waals surface area contributed by atoms with E-state index in [9.17, 15) is 8.78 Å². The second-order valence-corrected chi connectivity index (χ2v) is 5.88. The highest BCUT2D eigenvalue weighted by Crippen LogP contribution is 2.33. The van der Waals surface area contributed by atoms with E-state index >= 15 is 0 Å². The molecule has 1 N–H and O–H groups in total. The molecule has 0 aliphatic heterocycles. The summed E-state index contributed by atoms with van der Waals surface area (Å²) in [4.78, 5) is 0. The number of thioether (sulfide) groups is 1. The molecule has 0 spiro atoms. The van der Waals surface area contributed by atoms with Gasteiger partial charge < -0.3 is 9.73 Å². The highest BCUT2D eigenvalue weighted by Gasteiger charge is 2.23. The van der Waals surface area contributed by atoms with Crippen LogP contribution < -0.4 is 5.32 Å². The van der Waals surface area contributed by atoms with Crippen LogP contribution >= 0.6 is 11.8 Å². The van der Waals surface area contributed by atoms with Crippen LogP contribution in [0, 0.1) is 5.92 Å². The average molecular weight is 275 g/mol. The summed E-state index contributed by atoms with van der Waals surface area (Å²) < 4.78 is 29.5. The molecule has 1 atom stereocenters. The normalized spacial score (nSPS) is 17.3. The Morgan fingerprint density at radius 3 is 2.78 bits per heavy atom. The van der Waals surface area contributed by atoms with E-state index in [0.717, 1.165) is 11.7 Å². The van der Waals surface area contributed by atoms with Gasteiger partial charge in [0.15, 0.2) is 0 Å². The molecule has 1 aromatic rings. The maximum atomic E-state index is 12.0. The van der Waals surface area contributed by atoms with Crippen LogP contribution in [0.4, 0.5) is 8.78 Å². The van der Waals surface area contributed by atoms with Crippen molar-refractivity contribution in [3.05, 3.63) is 23.7 Å². The summed E-state index contributed by atoms with van der Waals surface area (Å²) in [5.74, 6) is 0.238. The van der Waals surface area contributed by atoms with Crippen LogP contribution in [0.15, 0.2) is 16.5 Å². The maximum Gasteiger partial charge on any atom is 0.284 e. The molecule has 2 nitrogen and oxygen atoms in total. The summed E-state index contributed by atoms with van der Waals surface area (Å²) in [6.07, 6.45) is 3.94. The Morgan fingerprint density at radius 2 is 2.11 bits per heavy atom. The molecule has 2 rings (SSSR count). The fourth-order valence-corrected chi connectivity index (χ4v) is 2.40. The fourth-order valence-electron chi connectivity index (χ4n) is 1.95. The van der Waals surface area contributed by atoms with Crippen molar-refractivity contribution in [1.82, 2.24) is 5.32 Å². The van der Waals surface area contributed by atoms with Crippen LogP contribution in [0.5, 0.6) is 0 Å². The number of nitrogens with one attached hydrogen (secondary N) is 1. The van der Waals surface area contributed by atoms with Gasteiger partial charge in [-0.15, -0.1) is 0 Å². The van der Waals surface area contributed by atoms with E-state index < -0.39 is 5.76 Å². The summed E-state index contributed by atoms with van der Waals surface area (Å²) in [6.45, 7) is 2.85. The minimum absolute atomic E-state index is 0.231. The predicted molar refractivity (Wildman–Crippen MR) is 69.6 cm³/mol. The lowest BCUT2D eigenvalue weighted by Crippen LogP contribution is -2.25. The van der Waals surface area contributed by atoms with Crippen molar-refractivity contribution in [2.24, 2.45) is 5.92 Å². The molecule has 1 unspecified atom stereocenters. The van der Waals surface area contributed by atoms with Crippen molar-refractivity contribution >= 4 is 11.8 Å². The number of hydrogen-bond donors (Lipinski definition) is 1. The Balaban J connectivity index is 1.68. The monoisotopic (exact) mass is 275 g/mol. The summed E-state index contributed by atoms with van der Waals surface area (Å²) in [5, 5.41) is 3.40. The van der Waals surface area contributed by atoms with E-state index in [1.165, 1.54) is 19.3 Å². The summed E-state index contributed by atoms with van der Waals surface area (Å²) in [7, 11) is 0. The second-order valence-electron chi connectivity index (χ2n) is 4.90. The van der Waals surface area contributed by atoms with Gasteiger partial charge in [0.1, 0.15) is 11.5 Å². The molecule has 18 heavy (non-hydrogen) atoms. The van der Waals surface area contributed by atoms with Gasteiger partial charge in [0.2, 0.25) is 0 Å². The Bertz CT molecular complexity index is 366. The minimum Gasteiger partial charge on any atom is -0.464 e. The Kier molecular flexibility index (Phi) is 5.06. The van der Waals surface area contributed by atoms with Crippen molar-refractivity contribution in [1.29, 1.82) is 0 Å². The van der Waals surface area contributed by atoms with Crippen LogP contribution in [-0.2, 0) is 12.3 Å². The van der Waals surface area contributed by atoms with Crippen LogP contribution in [0.3, 0.4) is 0 Å². The van der Waals surface area contributed by atoms with Crippen molar-refractivity contribution < 1.29 is 13.2 Å². The van der Waals surface area contributed by atoms with Gasteiger partial charge in [-0.1, -0.05) is 24.6 Å². The third kappa shape index (κ3) is 4.98. The Hall–Kier alpha value is -0.550. The number of rotatable bonds is 8.